The van der Waals surface area contributed by atoms with Gasteiger partial charge in [0.25, 0.3) is 5.91 Å². The van der Waals surface area contributed by atoms with E-state index in [2.05, 4.69) is 10.4 Å². The smallest absolute Gasteiger partial charge is 0.254 e. The Morgan fingerprint density at radius 3 is 2.62 bits per heavy atom. The Bertz CT molecular complexity index is 717. The number of carbonyl (C=O) groups is 1. The molecule has 3 N–H and O–H groups in total. The van der Waals surface area contributed by atoms with Gasteiger partial charge in [-0.05, 0) is 31.0 Å². The highest BCUT2D eigenvalue weighted by atomic mass is 35.5. The molecule has 24 heavy (non-hydrogen) atoms. The minimum absolute atomic E-state index is 0. The van der Waals surface area contributed by atoms with Gasteiger partial charge >= 0.3 is 0 Å². The minimum atomic E-state index is -0.475. The number of nitrogens with one attached hydrogen (secondary N) is 1. The third-order valence-electron chi connectivity index (χ3n) is 4.10. The number of aromatic nitrogens is 2. The molecule has 0 saturated heterocycles. The first-order chi connectivity index (χ1) is 10.8. The third-order valence-corrected chi connectivity index (χ3v) is 4.64. The van der Waals surface area contributed by atoms with Crippen molar-refractivity contribution < 1.29 is 4.79 Å². The maximum Gasteiger partial charge on any atom is 0.254 e. The SMILES string of the molecule is CC(C)C(C)(CN)NC(=O)c1cnn(-c2ccc(Cl)cc2Cl)c1.Cl. The summed E-state index contributed by atoms with van der Waals surface area (Å²) in [4.78, 5) is 12.4. The standard InChI is InChI=1S/C16H20Cl2N4O.ClH/c1-10(2)16(3,9-19)21-15(23)11-7-20-22(8-11)14-5-4-12(17)6-13(14)18;/h4-8,10H,9,19H2,1-3H3,(H,21,23);1H. The van der Waals surface area contributed by atoms with Crippen LogP contribution in [0.5, 0.6) is 0 Å². The number of amides is 1. The van der Waals surface area contributed by atoms with E-state index < -0.39 is 5.54 Å². The molecule has 0 spiro atoms. The number of carbonyl (C=O) groups excluding carboxylic acids is 1. The van der Waals surface area contributed by atoms with Crippen molar-refractivity contribution in [2.45, 2.75) is 26.3 Å². The van der Waals surface area contributed by atoms with Crippen molar-refractivity contribution in [1.82, 2.24) is 15.1 Å². The van der Waals surface area contributed by atoms with E-state index in [-0.39, 0.29) is 24.2 Å². The van der Waals surface area contributed by atoms with Gasteiger partial charge < -0.3 is 11.1 Å². The van der Waals surface area contributed by atoms with Crippen molar-refractivity contribution >= 4 is 41.5 Å². The van der Waals surface area contributed by atoms with Crippen molar-refractivity contribution in [3.63, 3.8) is 0 Å². The van der Waals surface area contributed by atoms with E-state index in [0.717, 1.165) is 0 Å². The fourth-order valence-electron chi connectivity index (χ4n) is 2.00. The number of nitrogens with zero attached hydrogens (tertiary/aromatic N) is 2. The molecule has 0 saturated carbocycles. The summed E-state index contributed by atoms with van der Waals surface area (Å²) >= 11 is 12.0. The third kappa shape index (κ3) is 4.42. The molecule has 0 aliphatic carbocycles. The maximum atomic E-state index is 12.4. The molecule has 1 aromatic carbocycles. The Kier molecular flexibility index (Phi) is 7.10. The number of benzene rings is 1. The van der Waals surface area contributed by atoms with E-state index in [0.29, 0.717) is 27.8 Å². The average molecular weight is 392 g/mol. The quantitative estimate of drug-likeness (QED) is 0.816. The van der Waals surface area contributed by atoms with Crippen molar-refractivity contribution in [2.75, 3.05) is 6.54 Å². The van der Waals surface area contributed by atoms with Gasteiger partial charge in [0, 0.05) is 17.8 Å². The van der Waals surface area contributed by atoms with E-state index in [1.807, 2.05) is 20.8 Å². The number of halogens is 3. The van der Waals surface area contributed by atoms with Gasteiger partial charge in [-0.2, -0.15) is 5.10 Å². The summed E-state index contributed by atoms with van der Waals surface area (Å²) in [5.41, 5.74) is 6.42. The van der Waals surface area contributed by atoms with Crippen LogP contribution in [-0.4, -0.2) is 27.8 Å². The van der Waals surface area contributed by atoms with Gasteiger partial charge in [-0.1, -0.05) is 37.0 Å². The molecule has 1 aromatic heterocycles. The molecule has 0 radical (unpaired) electrons. The summed E-state index contributed by atoms with van der Waals surface area (Å²) in [7, 11) is 0. The molecule has 1 amide bonds. The normalized spacial score (nSPS) is 13.3. The molecule has 2 rings (SSSR count). The van der Waals surface area contributed by atoms with Gasteiger partial charge in [0.15, 0.2) is 0 Å². The van der Waals surface area contributed by atoms with E-state index in [1.165, 1.54) is 6.20 Å². The lowest BCUT2D eigenvalue weighted by molar-refractivity contribution is 0.0883. The Morgan fingerprint density at radius 2 is 2.08 bits per heavy atom. The fourth-order valence-corrected chi connectivity index (χ4v) is 2.50. The van der Waals surface area contributed by atoms with E-state index in [9.17, 15) is 4.79 Å². The second-order valence-corrected chi connectivity index (χ2v) is 6.84. The first-order valence-electron chi connectivity index (χ1n) is 7.29. The summed E-state index contributed by atoms with van der Waals surface area (Å²) in [5, 5.41) is 8.17. The second-order valence-electron chi connectivity index (χ2n) is 6.00. The number of nitrogens with two attached hydrogens (primary N) is 1. The summed E-state index contributed by atoms with van der Waals surface area (Å²) < 4.78 is 1.54. The van der Waals surface area contributed by atoms with Crippen molar-refractivity contribution in [3.05, 3.63) is 46.2 Å². The predicted molar refractivity (Wildman–Crippen MR) is 101 cm³/mol. The van der Waals surface area contributed by atoms with Gasteiger partial charge in [-0.25, -0.2) is 4.68 Å². The number of hydrogen-bond donors (Lipinski definition) is 2. The van der Waals surface area contributed by atoms with Crippen molar-refractivity contribution in [3.8, 4) is 5.69 Å². The molecular weight excluding hydrogens is 371 g/mol. The van der Waals surface area contributed by atoms with Crippen molar-refractivity contribution in [1.29, 1.82) is 0 Å². The molecule has 5 nitrogen and oxygen atoms in total. The van der Waals surface area contributed by atoms with Crippen LogP contribution in [0, 0.1) is 5.92 Å². The lowest BCUT2D eigenvalue weighted by Gasteiger charge is -2.33. The highest BCUT2D eigenvalue weighted by Gasteiger charge is 2.29. The topological polar surface area (TPSA) is 72.9 Å². The maximum absolute atomic E-state index is 12.4. The number of hydrogen-bond acceptors (Lipinski definition) is 3. The van der Waals surface area contributed by atoms with Gasteiger partial charge in [-0.3, -0.25) is 4.79 Å². The summed E-state index contributed by atoms with van der Waals surface area (Å²) in [6, 6.07) is 5.09. The molecule has 1 atom stereocenters. The highest BCUT2D eigenvalue weighted by molar-refractivity contribution is 6.35. The van der Waals surface area contributed by atoms with Gasteiger partial charge in [0.1, 0.15) is 0 Å². The van der Waals surface area contributed by atoms with Crippen LogP contribution >= 0.6 is 35.6 Å². The molecule has 0 aliphatic heterocycles. The van der Waals surface area contributed by atoms with E-state index in [4.69, 9.17) is 28.9 Å². The summed E-state index contributed by atoms with van der Waals surface area (Å²) in [6.07, 6.45) is 3.12. The monoisotopic (exact) mass is 390 g/mol. The molecule has 0 bridgehead atoms. The highest BCUT2D eigenvalue weighted by Crippen LogP contribution is 2.24. The van der Waals surface area contributed by atoms with Crippen LogP contribution in [0.15, 0.2) is 30.6 Å². The molecule has 0 aliphatic rings. The fraction of sp³-hybridized carbons (Fsp3) is 0.375. The van der Waals surface area contributed by atoms with Crippen LogP contribution in [0.25, 0.3) is 5.69 Å². The largest absolute Gasteiger partial charge is 0.345 e. The molecule has 2 aromatic rings. The van der Waals surface area contributed by atoms with E-state index in [1.54, 1.807) is 29.1 Å². The Labute approximate surface area is 157 Å². The Morgan fingerprint density at radius 1 is 1.42 bits per heavy atom. The van der Waals surface area contributed by atoms with Gasteiger partial charge in [0.05, 0.1) is 28.0 Å². The average Bonchev–Trinajstić information content (AvgIpc) is 2.96. The molecule has 8 heteroatoms. The van der Waals surface area contributed by atoms with Crippen LogP contribution in [0.2, 0.25) is 10.0 Å². The van der Waals surface area contributed by atoms with Gasteiger partial charge in [0.2, 0.25) is 0 Å². The zero-order valence-electron chi connectivity index (χ0n) is 13.7. The first kappa shape index (κ1) is 20.8. The molecule has 0 fully saturated rings. The molecule has 1 unspecified atom stereocenters. The zero-order chi connectivity index (χ0) is 17.2. The first-order valence-corrected chi connectivity index (χ1v) is 8.05. The Balaban J connectivity index is 0.00000288. The lowest BCUT2D eigenvalue weighted by Crippen LogP contribution is -2.54. The van der Waals surface area contributed by atoms with E-state index >= 15 is 0 Å². The van der Waals surface area contributed by atoms with Crippen LogP contribution < -0.4 is 11.1 Å². The zero-order valence-corrected chi connectivity index (χ0v) is 16.0. The predicted octanol–water partition coefficient (Wildman–Crippen LogP) is 3.70. The van der Waals surface area contributed by atoms with Crippen LogP contribution in [0.4, 0.5) is 0 Å². The lowest BCUT2D eigenvalue weighted by atomic mass is 9.88. The Hall–Kier alpha value is -1.27. The molecular formula is C16H21Cl3N4O. The minimum Gasteiger partial charge on any atom is -0.345 e. The van der Waals surface area contributed by atoms with Crippen LogP contribution in [-0.2, 0) is 0 Å². The second kappa shape index (κ2) is 8.21. The van der Waals surface area contributed by atoms with Gasteiger partial charge in [-0.15, -0.1) is 12.4 Å². The van der Waals surface area contributed by atoms with Crippen LogP contribution in [0.1, 0.15) is 31.1 Å². The number of rotatable bonds is 5. The summed E-state index contributed by atoms with van der Waals surface area (Å²) in [5.74, 6) is -0.0137. The van der Waals surface area contributed by atoms with Crippen molar-refractivity contribution in [2.24, 2.45) is 11.7 Å². The summed E-state index contributed by atoms with van der Waals surface area (Å²) in [6.45, 7) is 6.32. The molecule has 132 valence electrons. The molecule has 1 heterocycles. The van der Waals surface area contributed by atoms with Crippen LogP contribution in [0.3, 0.4) is 0 Å².